The van der Waals surface area contributed by atoms with Crippen LogP contribution in [0.5, 0.6) is 0 Å². The topological polar surface area (TPSA) is 24.1 Å². The molecule has 0 radical (unpaired) electrons. The van der Waals surface area contributed by atoms with Gasteiger partial charge < -0.3 is 10.6 Å². The summed E-state index contributed by atoms with van der Waals surface area (Å²) in [6.45, 7) is 4.23. The van der Waals surface area contributed by atoms with E-state index in [2.05, 4.69) is 42.7 Å². The normalized spacial score (nSPS) is 15.4. The van der Waals surface area contributed by atoms with Gasteiger partial charge in [-0.3, -0.25) is 0 Å². The quantitative estimate of drug-likeness (QED) is 0.769. The summed E-state index contributed by atoms with van der Waals surface area (Å²) in [5, 5.41) is 7.29. The van der Waals surface area contributed by atoms with E-state index in [0.29, 0.717) is 6.04 Å². The Morgan fingerprint density at radius 2 is 2.00 bits per heavy atom. The van der Waals surface area contributed by atoms with E-state index >= 15 is 0 Å². The number of hydrogen-bond donors (Lipinski definition) is 2. The standard InChI is InChI=1S/C13H18N2S/c1-9-6-7-12(8-10(9)2)15-13(16)14-11-4-3-5-11/h6-8,11H,3-5H2,1-2H3,(H2,14,15,16). The maximum atomic E-state index is 5.27. The highest BCUT2D eigenvalue weighted by atomic mass is 32.1. The molecule has 0 bridgehead atoms. The molecule has 0 heterocycles. The minimum Gasteiger partial charge on any atom is -0.360 e. The van der Waals surface area contributed by atoms with Crippen LogP contribution in [0.2, 0.25) is 0 Å². The van der Waals surface area contributed by atoms with E-state index in [0.717, 1.165) is 10.8 Å². The third-order valence-electron chi connectivity index (χ3n) is 3.21. The SMILES string of the molecule is Cc1ccc(NC(=S)NC2CCC2)cc1C. The molecule has 2 nitrogen and oxygen atoms in total. The van der Waals surface area contributed by atoms with Crippen LogP contribution < -0.4 is 10.6 Å². The summed E-state index contributed by atoms with van der Waals surface area (Å²) in [7, 11) is 0. The average Bonchev–Trinajstić information content (AvgIpc) is 2.18. The zero-order valence-corrected chi connectivity index (χ0v) is 10.7. The molecule has 2 N–H and O–H groups in total. The molecule has 0 aliphatic heterocycles. The van der Waals surface area contributed by atoms with Crippen molar-refractivity contribution >= 4 is 23.0 Å². The van der Waals surface area contributed by atoms with Crippen molar-refractivity contribution < 1.29 is 0 Å². The lowest BCUT2D eigenvalue weighted by Gasteiger charge is -2.27. The van der Waals surface area contributed by atoms with Crippen LogP contribution in [0.25, 0.3) is 0 Å². The van der Waals surface area contributed by atoms with Crippen molar-refractivity contribution in [2.45, 2.75) is 39.2 Å². The third-order valence-corrected chi connectivity index (χ3v) is 3.43. The summed E-state index contributed by atoms with van der Waals surface area (Å²) in [5.41, 5.74) is 3.67. The molecule has 0 aromatic heterocycles. The van der Waals surface area contributed by atoms with Gasteiger partial charge in [0.05, 0.1) is 0 Å². The maximum absolute atomic E-state index is 5.27. The number of thiocarbonyl (C=S) groups is 1. The number of benzene rings is 1. The van der Waals surface area contributed by atoms with Gasteiger partial charge in [-0.25, -0.2) is 0 Å². The molecule has 3 heteroatoms. The van der Waals surface area contributed by atoms with Crippen LogP contribution in [-0.2, 0) is 0 Å². The second-order valence-corrected chi connectivity index (χ2v) is 4.93. The van der Waals surface area contributed by atoms with E-state index in [4.69, 9.17) is 12.2 Å². The second kappa shape index (κ2) is 4.83. The van der Waals surface area contributed by atoms with E-state index in [1.54, 1.807) is 0 Å². The molecular weight excluding hydrogens is 216 g/mol. The van der Waals surface area contributed by atoms with Crippen LogP contribution in [0.3, 0.4) is 0 Å². The van der Waals surface area contributed by atoms with Gasteiger partial charge in [0.15, 0.2) is 5.11 Å². The van der Waals surface area contributed by atoms with Gasteiger partial charge in [0, 0.05) is 11.7 Å². The number of anilines is 1. The Morgan fingerprint density at radius 1 is 1.25 bits per heavy atom. The Bertz CT molecular complexity index is 397. The van der Waals surface area contributed by atoms with Crippen LogP contribution in [-0.4, -0.2) is 11.2 Å². The van der Waals surface area contributed by atoms with E-state index < -0.39 is 0 Å². The Labute approximate surface area is 102 Å². The van der Waals surface area contributed by atoms with Gasteiger partial charge in [-0.05, 0) is 68.6 Å². The summed E-state index contributed by atoms with van der Waals surface area (Å²) in [6.07, 6.45) is 3.81. The zero-order valence-electron chi connectivity index (χ0n) is 9.84. The fraction of sp³-hybridized carbons (Fsp3) is 0.462. The van der Waals surface area contributed by atoms with Crippen molar-refractivity contribution in [1.82, 2.24) is 5.32 Å². The van der Waals surface area contributed by atoms with Gasteiger partial charge in [0.25, 0.3) is 0 Å². The van der Waals surface area contributed by atoms with Gasteiger partial charge in [0.1, 0.15) is 0 Å². The molecule has 1 aromatic rings. The first-order valence-electron chi connectivity index (χ1n) is 5.80. The molecule has 0 saturated heterocycles. The Hall–Kier alpha value is -1.09. The highest BCUT2D eigenvalue weighted by Gasteiger charge is 2.17. The molecule has 86 valence electrons. The predicted molar refractivity (Wildman–Crippen MR) is 72.9 cm³/mol. The summed E-state index contributed by atoms with van der Waals surface area (Å²) >= 11 is 5.27. The molecular formula is C13H18N2S. The molecule has 1 saturated carbocycles. The maximum Gasteiger partial charge on any atom is 0.170 e. The fourth-order valence-electron chi connectivity index (χ4n) is 1.72. The molecule has 16 heavy (non-hydrogen) atoms. The third kappa shape index (κ3) is 2.73. The molecule has 0 atom stereocenters. The smallest absolute Gasteiger partial charge is 0.170 e. The first-order valence-corrected chi connectivity index (χ1v) is 6.21. The minimum atomic E-state index is 0.589. The molecule has 1 aliphatic carbocycles. The van der Waals surface area contributed by atoms with Crippen molar-refractivity contribution in [3.8, 4) is 0 Å². The largest absolute Gasteiger partial charge is 0.360 e. The Balaban J connectivity index is 1.92. The molecule has 2 rings (SSSR count). The first kappa shape index (κ1) is 11.4. The molecule has 1 aromatic carbocycles. The van der Waals surface area contributed by atoms with Gasteiger partial charge in [0.2, 0.25) is 0 Å². The lowest BCUT2D eigenvalue weighted by atomic mass is 9.93. The molecule has 0 unspecified atom stereocenters. The van der Waals surface area contributed by atoms with Crippen LogP contribution >= 0.6 is 12.2 Å². The van der Waals surface area contributed by atoms with Crippen molar-refractivity contribution in [1.29, 1.82) is 0 Å². The molecule has 0 spiro atoms. The fourth-order valence-corrected chi connectivity index (χ4v) is 2.01. The lowest BCUT2D eigenvalue weighted by molar-refractivity contribution is 0.385. The molecule has 1 aliphatic rings. The zero-order chi connectivity index (χ0) is 11.5. The van der Waals surface area contributed by atoms with E-state index in [-0.39, 0.29) is 0 Å². The van der Waals surface area contributed by atoms with Gasteiger partial charge in [-0.15, -0.1) is 0 Å². The Kier molecular flexibility index (Phi) is 3.44. The van der Waals surface area contributed by atoms with Crippen molar-refractivity contribution in [2.75, 3.05) is 5.32 Å². The van der Waals surface area contributed by atoms with Crippen LogP contribution in [0.1, 0.15) is 30.4 Å². The van der Waals surface area contributed by atoms with Crippen LogP contribution in [0, 0.1) is 13.8 Å². The number of aryl methyl sites for hydroxylation is 2. The average molecular weight is 234 g/mol. The molecule has 1 fully saturated rings. The summed E-state index contributed by atoms with van der Waals surface area (Å²) in [5.74, 6) is 0. The Morgan fingerprint density at radius 3 is 2.56 bits per heavy atom. The first-order chi connectivity index (χ1) is 7.65. The van der Waals surface area contributed by atoms with Gasteiger partial charge in [-0.2, -0.15) is 0 Å². The lowest BCUT2D eigenvalue weighted by Crippen LogP contribution is -2.41. The van der Waals surface area contributed by atoms with Crippen molar-refractivity contribution in [3.63, 3.8) is 0 Å². The number of nitrogens with one attached hydrogen (secondary N) is 2. The monoisotopic (exact) mass is 234 g/mol. The number of rotatable bonds is 2. The predicted octanol–water partition coefficient (Wildman–Crippen LogP) is 3.14. The van der Waals surface area contributed by atoms with Gasteiger partial charge >= 0.3 is 0 Å². The minimum absolute atomic E-state index is 0.589. The number of hydrogen-bond acceptors (Lipinski definition) is 1. The molecule has 0 amide bonds. The highest BCUT2D eigenvalue weighted by molar-refractivity contribution is 7.80. The van der Waals surface area contributed by atoms with Gasteiger partial charge in [-0.1, -0.05) is 6.07 Å². The van der Waals surface area contributed by atoms with Crippen molar-refractivity contribution in [2.24, 2.45) is 0 Å². The highest BCUT2D eigenvalue weighted by Crippen LogP contribution is 2.18. The van der Waals surface area contributed by atoms with E-state index in [1.165, 1.54) is 30.4 Å². The van der Waals surface area contributed by atoms with E-state index in [1.807, 2.05) is 0 Å². The van der Waals surface area contributed by atoms with E-state index in [9.17, 15) is 0 Å². The second-order valence-electron chi connectivity index (χ2n) is 4.53. The van der Waals surface area contributed by atoms with Crippen LogP contribution in [0.15, 0.2) is 18.2 Å². The van der Waals surface area contributed by atoms with Crippen molar-refractivity contribution in [3.05, 3.63) is 29.3 Å². The summed E-state index contributed by atoms with van der Waals surface area (Å²) < 4.78 is 0. The summed E-state index contributed by atoms with van der Waals surface area (Å²) in [4.78, 5) is 0. The van der Waals surface area contributed by atoms with Crippen LogP contribution in [0.4, 0.5) is 5.69 Å². The summed E-state index contributed by atoms with van der Waals surface area (Å²) in [6, 6.07) is 6.90.